The minimum absolute atomic E-state index is 0.0141. The predicted molar refractivity (Wildman–Crippen MR) is 68.9 cm³/mol. The molecule has 2 rings (SSSR count). The largest absolute Gasteiger partial charge is 0.474 e. The van der Waals surface area contributed by atoms with Crippen molar-refractivity contribution in [2.24, 2.45) is 0 Å². The third-order valence-corrected chi connectivity index (χ3v) is 2.35. The van der Waals surface area contributed by atoms with Crippen molar-refractivity contribution < 1.29 is 4.74 Å². The second kappa shape index (κ2) is 5.19. The number of nitriles is 2. The Kier molecular flexibility index (Phi) is 3.44. The highest BCUT2D eigenvalue weighted by atomic mass is 16.5. The van der Waals surface area contributed by atoms with Gasteiger partial charge in [-0.1, -0.05) is 0 Å². The molecule has 94 valence electrons. The molecule has 1 N–H and O–H groups in total. The van der Waals surface area contributed by atoms with E-state index in [0.29, 0.717) is 22.5 Å². The van der Waals surface area contributed by atoms with E-state index < -0.39 is 0 Å². The Bertz CT molecular complexity index is 699. The standard InChI is InChI=1S/C13H11N5O/c1-8(2)19-13-11-10(3-9(4-14)5-15)6-16-12(11)17-7-18-13/h3,6-8H,1-2H3,(H,16,17,18). The lowest BCUT2D eigenvalue weighted by molar-refractivity contribution is 0.235. The van der Waals surface area contributed by atoms with E-state index in [1.165, 1.54) is 12.4 Å². The number of aromatic nitrogens is 3. The summed E-state index contributed by atoms with van der Waals surface area (Å²) < 4.78 is 5.61. The van der Waals surface area contributed by atoms with Crippen LogP contribution in [0, 0.1) is 22.7 Å². The molecule has 2 heterocycles. The number of rotatable bonds is 3. The summed E-state index contributed by atoms with van der Waals surface area (Å²) in [6.07, 6.45) is 4.52. The molecule has 2 aromatic heterocycles. The van der Waals surface area contributed by atoms with Crippen LogP contribution in [0.4, 0.5) is 0 Å². The molecule has 0 aliphatic rings. The van der Waals surface area contributed by atoms with E-state index in [1.807, 2.05) is 26.0 Å². The molecule has 0 saturated carbocycles. The van der Waals surface area contributed by atoms with E-state index in [0.717, 1.165) is 0 Å². The van der Waals surface area contributed by atoms with Gasteiger partial charge in [0.05, 0.1) is 11.5 Å². The number of hydrogen-bond donors (Lipinski definition) is 1. The number of fused-ring (bicyclic) bond motifs is 1. The third-order valence-electron chi connectivity index (χ3n) is 2.35. The van der Waals surface area contributed by atoms with Crippen molar-refractivity contribution in [2.75, 3.05) is 0 Å². The highest BCUT2D eigenvalue weighted by Crippen LogP contribution is 2.27. The van der Waals surface area contributed by atoms with Crippen LogP contribution in [-0.2, 0) is 0 Å². The van der Waals surface area contributed by atoms with E-state index in [2.05, 4.69) is 15.0 Å². The van der Waals surface area contributed by atoms with Crippen LogP contribution in [-0.4, -0.2) is 21.1 Å². The van der Waals surface area contributed by atoms with Gasteiger partial charge >= 0.3 is 0 Å². The fraction of sp³-hybridized carbons (Fsp3) is 0.231. The van der Waals surface area contributed by atoms with Crippen LogP contribution in [0.5, 0.6) is 5.88 Å². The minimum Gasteiger partial charge on any atom is -0.474 e. The van der Waals surface area contributed by atoms with Crippen molar-refractivity contribution in [3.63, 3.8) is 0 Å². The van der Waals surface area contributed by atoms with E-state index in [9.17, 15) is 0 Å². The van der Waals surface area contributed by atoms with Gasteiger partial charge in [0.25, 0.3) is 0 Å². The van der Waals surface area contributed by atoms with Crippen molar-refractivity contribution in [2.45, 2.75) is 20.0 Å². The summed E-state index contributed by atoms with van der Waals surface area (Å²) in [5, 5.41) is 18.3. The van der Waals surface area contributed by atoms with E-state index in [4.69, 9.17) is 15.3 Å². The Hall–Kier alpha value is -2.86. The maximum Gasteiger partial charge on any atom is 0.226 e. The molecule has 0 radical (unpaired) electrons. The lowest BCUT2D eigenvalue weighted by atomic mass is 10.1. The smallest absolute Gasteiger partial charge is 0.226 e. The number of ether oxygens (including phenoxy) is 1. The Labute approximate surface area is 110 Å². The minimum atomic E-state index is -0.0313. The van der Waals surface area contributed by atoms with Crippen molar-refractivity contribution in [1.29, 1.82) is 10.5 Å². The van der Waals surface area contributed by atoms with Gasteiger partial charge in [0, 0.05) is 11.8 Å². The summed E-state index contributed by atoms with van der Waals surface area (Å²) >= 11 is 0. The average molecular weight is 253 g/mol. The predicted octanol–water partition coefficient (Wildman–Crippen LogP) is 2.18. The first-order chi connectivity index (χ1) is 9.15. The van der Waals surface area contributed by atoms with Crippen molar-refractivity contribution in [1.82, 2.24) is 15.0 Å². The Balaban J connectivity index is 2.61. The molecule has 6 heteroatoms. The third kappa shape index (κ3) is 2.53. The molecule has 0 aromatic carbocycles. The maximum atomic E-state index is 8.80. The Morgan fingerprint density at radius 1 is 1.37 bits per heavy atom. The molecule has 0 aliphatic carbocycles. The van der Waals surface area contributed by atoms with Crippen LogP contribution in [0.15, 0.2) is 18.1 Å². The Morgan fingerprint density at radius 2 is 2.11 bits per heavy atom. The summed E-state index contributed by atoms with van der Waals surface area (Å²) in [4.78, 5) is 11.1. The van der Waals surface area contributed by atoms with Crippen LogP contribution in [0.25, 0.3) is 17.1 Å². The lowest BCUT2D eigenvalue weighted by Crippen LogP contribution is -2.07. The molecule has 0 fully saturated rings. The first-order valence-corrected chi connectivity index (χ1v) is 5.66. The lowest BCUT2D eigenvalue weighted by Gasteiger charge is -2.09. The van der Waals surface area contributed by atoms with Gasteiger partial charge in [-0.2, -0.15) is 10.5 Å². The van der Waals surface area contributed by atoms with Gasteiger partial charge in [-0.05, 0) is 19.9 Å². The van der Waals surface area contributed by atoms with E-state index in [-0.39, 0.29) is 11.7 Å². The van der Waals surface area contributed by atoms with E-state index in [1.54, 1.807) is 6.20 Å². The average Bonchev–Trinajstić information content (AvgIpc) is 2.79. The van der Waals surface area contributed by atoms with Crippen LogP contribution in [0.2, 0.25) is 0 Å². The van der Waals surface area contributed by atoms with Crippen molar-refractivity contribution in [3.05, 3.63) is 23.7 Å². The molecule has 0 amide bonds. The molecule has 0 atom stereocenters. The summed E-state index contributed by atoms with van der Waals surface area (Å²) in [5.74, 6) is 0.433. The molecule has 2 aromatic rings. The SMILES string of the molecule is CC(C)Oc1ncnc2[nH]cc(C=C(C#N)C#N)c12. The van der Waals surface area contributed by atoms with Crippen LogP contribution < -0.4 is 4.74 Å². The van der Waals surface area contributed by atoms with Gasteiger partial charge in [0.1, 0.15) is 29.7 Å². The van der Waals surface area contributed by atoms with Gasteiger partial charge < -0.3 is 9.72 Å². The number of hydrogen-bond acceptors (Lipinski definition) is 5. The summed E-state index contributed by atoms with van der Waals surface area (Å²) in [7, 11) is 0. The first kappa shape index (κ1) is 12.6. The number of H-pyrrole nitrogens is 1. The topological polar surface area (TPSA) is 98.4 Å². The molecule has 0 bridgehead atoms. The fourth-order valence-corrected chi connectivity index (χ4v) is 1.63. The molecular formula is C13H11N5O. The number of aromatic amines is 1. The zero-order valence-electron chi connectivity index (χ0n) is 10.5. The van der Waals surface area contributed by atoms with E-state index >= 15 is 0 Å². The normalized spacial score (nSPS) is 9.95. The zero-order valence-corrected chi connectivity index (χ0v) is 10.5. The second-order valence-corrected chi connectivity index (χ2v) is 4.09. The summed E-state index contributed by atoms with van der Waals surface area (Å²) in [5.41, 5.74) is 1.27. The van der Waals surface area contributed by atoms with Gasteiger partial charge in [-0.15, -0.1) is 0 Å². The molecule has 0 saturated heterocycles. The number of allylic oxidation sites excluding steroid dienone is 1. The van der Waals surface area contributed by atoms with Gasteiger partial charge in [0.15, 0.2) is 0 Å². The zero-order chi connectivity index (χ0) is 13.8. The quantitative estimate of drug-likeness (QED) is 0.845. The Morgan fingerprint density at radius 3 is 2.74 bits per heavy atom. The molecule has 19 heavy (non-hydrogen) atoms. The van der Waals surface area contributed by atoms with Crippen LogP contribution >= 0.6 is 0 Å². The highest BCUT2D eigenvalue weighted by molar-refractivity contribution is 5.91. The molecule has 0 unspecified atom stereocenters. The van der Waals surface area contributed by atoms with Gasteiger partial charge in [-0.3, -0.25) is 0 Å². The highest BCUT2D eigenvalue weighted by Gasteiger charge is 2.12. The molecular weight excluding hydrogens is 242 g/mol. The number of nitrogens with zero attached hydrogens (tertiary/aromatic N) is 4. The van der Waals surface area contributed by atoms with Crippen LogP contribution in [0.3, 0.4) is 0 Å². The summed E-state index contributed by atoms with van der Waals surface area (Å²) in [6.45, 7) is 3.79. The second-order valence-electron chi connectivity index (χ2n) is 4.09. The molecule has 0 spiro atoms. The van der Waals surface area contributed by atoms with Crippen molar-refractivity contribution >= 4 is 17.1 Å². The number of nitrogens with one attached hydrogen (secondary N) is 1. The van der Waals surface area contributed by atoms with Crippen LogP contribution in [0.1, 0.15) is 19.4 Å². The molecule has 0 aliphatic heterocycles. The summed E-state index contributed by atoms with van der Waals surface area (Å²) in [6, 6.07) is 3.64. The molecule has 6 nitrogen and oxygen atoms in total. The van der Waals surface area contributed by atoms with Gasteiger partial charge in [-0.25, -0.2) is 9.97 Å². The van der Waals surface area contributed by atoms with Crippen molar-refractivity contribution in [3.8, 4) is 18.0 Å². The monoisotopic (exact) mass is 253 g/mol. The maximum absolute atomic E-state index is 8.80. The fourth-order valence-electron chi connectivity index (χ4n) is 1.63. The first-order valence-electron chi connectivity index (χ1n) is 5.66. The van der Waals surface area contributed by atoms with Gasteiger partial charge in [0.2, 0.25) is 5.88 Å².